The molecule has 0 aliphatic carbocycles. The maximum absolute atomic E-state index is 11.9. The molecule has 0 saturated heterocycles. The average molecular weight is 287 g/mol. The Balaban J connectivity index is 1.85. The summed E-state index contributed by atoms with van der Waals surface area (Å²) in [6.07, 6.45) is 0. The number of hydrogen-bond acceptors (Lipinski definition) is 4. The minimum Gasteiger partial charge on any atom is -0.491 e. The Labute approximate surface area is 122 Å². The summed E-state index contributed by atoms with van der Waals surface area (Å²) >= 11 is 0. The van der Waals surface area contributed by atoms with Crippen molar-refractivity contribution in [2.45, 2.75) is 19.9 Å². The lowest BCUT2D eigenvalue weighted by Crippen LogP contribution is -2.37. The summed E-state index contributed by atoms with van der Waals surface area (Å²) in [5.41, 5.74) is 0.979. The number of nitrogens with zero attached hydrogens (tertiary/aromatic N) is 1. The van der Waals surface area contributed by atoms with Crippen LogP contribution in [0, 0.1) is 6.92 Å². The molecule has 0 saturated carbocycles. The normalized spacial score (nSPS) is 11.7. The number of hydrogen-bond donors (Lipinski definition) is 2. The van der Waals surface area contributed by atoms with Gasteiger partial charge in [0.25, 0.3) is 11.5 Å². The summed E-state index contributed by atoms with van der Waals surface area (Å²) < 4.78 is 5.59. The third-order valence-corrected chi connectivity index (χ3v) is 2.81. The van der Waals surface area contributed by atoms with Crippen LogP contribution in [0.1, 0.15) is 23.0 Å². The summed E-state index contributed by atoms with van der Waals surface area (Å²) in [5.74, 6) is 0.398. The Morgan fingerprint density at radius 3 is 2.62 bits per heavy atom. The number of ether oxygens (including phenoxy) is 1. The number of aryl methyl sites for hydroxylation is 1. The zero-order chi connectivity index (χ0) is 15.2. The van der Waals surface area contributed by atoms with Crippen molar-refractivity contribution in [3.05, 3.63) is 58.0 Å². The summed E-state index contributed by atoms with van der Waals surface area (Å²) in [6, 6.07) is 10.1. The van der Waals surface area contributed by atoms with Gasteiger partial charge in [0.2, 0.25) is 0 Å². The Morgan fingerprint density at radius 2 is 2.00 bits per heavy atom. The molecule has 6 nitrogen and oxygen atoms in total. The summed E-state index contributed by atoms with van der Waals surface area (Å²) in [7, 11) is 0. The minimum absolute atomic E-state index is 0.164. The molecule has 0 unspecified atom stereocenters. The molecule has 1 aromatic carbocycles. The van der Waals surface area contributed by atoms with Crippen LogP contribution in [0.15, 0.2) is 41.2 Å². The molecule has 0 aliphatic heterocycles. The number of carbonyl (C=O) groups is 1. The molecule has 0 bridgehead atoms. The monoisotopic (exact) mass is 287 g/mol. The van der Waals surface area contributed by atoms with Crippen molar-refractivity contribution < 1.29 is 9.53 Å². The van der Waals surface area contributed by atoms with Crippen LogP contribution < -0.4 is 15.6 Å². The van der Waals surface area contributed by atoms with Crippen molar-refractivity contribution in [3.63, 3.8) is 0 Å². The molecule has 0 radical (unpaired) electrons. The number of nitrogens with one attached hydrogen (secondary N) is 2. The summed E-state index contributed by atoms with van der Waals surface area (Å²) in [5, 5.41) is 8.64. The molecule has 1 aromatic heterocycles. The first-order chi connectivity index (χ1) is 10.0. The van der Waals surface area contributed by atoms with Gasteiger partial charge < -0.3 is 10.1 Å². The van der Waals surface area contributed by atoms with Gasteiger partial charge in [0, 0.05) is 6.07 Å². The van der Waals surface area contributed by atoms with Crippen LogP contribution in [-0.4, -0.2) is 28.8 Å². The molecule has 6 heteroatoms. The smallest absolute Gasteiger partial charge is 0.272 e. The van der Waals surface area contributed by atoms with Crippen molar-refractivity contribution in [2.75, 3.05) is 6.61 Å². The van der Waals surface area contributed by atoms with E-state index in [9.17, 15) is 9.59 Å². The molecular formula is C15H17N3O3. The van der Waals surface area contributed by atoms with Gasteiger partial charge in [-0.1, -0.05) is 17.7 Å². The molecule has 0 aliphatic rings. The number of aromatic nitrogens is 2. The SMILES string of the molecule is Cc1ccc(OC[C@@H](C)NC(=O)c2ccc(=O)[nH]n2)cc1. The largest absolute Gasteiger partial charge is 0.491 e. The molecule has 2 rings (SSSR count). The standard InChI is InChI=1S/C15H17N3O3/c1-10-3-5-12(6-4-10)21-9-11(2)16-15(20)13-7-8-14(19)18-17-13/h3-8,11H,9H2,1-2H3,(H,16,20)(H,18,19)/t11-/m1/s1. The Kier molecular flexibility index (Phi) is 4.71. The topological polar surface area (TPSA) is 84.1 Å². The highest BCUT2D eigenvalue weighted by molar-refractivity contribution is 5.92. The van der Waals surface area contributed by atoms with Crippen LogP contribution in [0.2, 0.25) is 0 Å². The third-order valence-electron chi connectivity index (χ3n) is 2.81. The zero-order valence-electron chi connectivity index (χ0n) is 11.9. The second-order valence-corrected chi connectivity index (χ2v) is 4.80. The van der Waals surface area contributed by atoms with Crippen molar-refractivity contribution in [1.82, 2.24) is 15.5 Å². The van der Waals surface area contributed by atoms with Gasteiger partial charge in [-0.25, -0.2) is 5.10 Å². The highest BCUT2D eigenvalue weighted by atomic mass is 16.5. The van der Waals surface area contributed by atoms with Gasteiger partial charge >= 0.3 is 0 Å². The van der Waals surface area contributed by atoms with E-state index in [2.05, 4.69) is 15.5 Å². The number of H-pyrrole nitrogens is 1. The molecule has 1 atom stereocenters. The molecular weight excluding hydrogens is 270 g/mol. The molecule has 21 heavy (non-hydrogen) atoms. The molecule has 110 valence electrons. The number of rotatable bonds is 5. The maximum atomic E-state index is 11.9. The summed E-state index contributed by atoms with van der Waals surface area (Å²) in [4.78, 5) is 22.8. The first-order valence-corrected chi connectivity index (χ1v) is 6.60. The van der Waals surface area contributed by atoms with E-state index in [1.807, 2.05) is 38.1 Å². The van der Waals surface area contributed by atoms with E-state index in [0.717, 1.165) is 11.3 Å². The van der Waals surface area contributed by atoms with E-state index >= 15 is 0 Å². The van der Waals surface area contributed by atoms with Gasteiger partial charge in [0.1, 0.15) is 18.1 Å². The fraction of sp³-hybridized carbons (Fsp3) is 0.267. The van der Waals surface area contributed by atoms with Gasteiger partial charge in [0.15, 0.2) is 0 Å². The van der Waals surface area contributed by atoms with Gasteiger partial charge in [0.05, 0.1) is 6.04 Å². The first kappa shape index (κ1) is 14.8. The fourth-order valence-corrected chi connectivity index (χ4v) is 1.67. The Hall–Kier alpha value is -2.63. The van der Waals surface area contributed by atoms with Crippen molar-refractivity contribution in [1.29, 1.82) is 0 Å². The molecule has 0 fully saturated rings. The second kappa shape index (κ2) is 6.69. The zero-order valence-corrected chi connectivity index (χ0v) is 11.9. The highest BCUT2D eigenvalue weighted by Gasteiger charge is 2.11. The second-order valence-electron chi connectivity index (χ2n) is 4.80. The molecule has 0 spiro atoms. The van der Waals surface area contributed by atoms with Crippen molar-refractivity contribution in [2.24, 2.45) is 0 Å². The van der Waals surface area contributed by atoms with E-state index < -0.39 is 0 Å². The lowest BCUT2D eigenvalue weighted by Gasteiger charge is -2.14. The number of carbonyl (C=O) groups excluding carboxylic acids is 1. The Morgan fingerprint density at radius 1 is 1.29 bits per heavy atom. The van der Waals surface area contributed by atoms with Crippen molar-refractivity contribution >= 4 is 5.91 Å². The van der Waals surface area contributed by atoms with E-state index in [1.54, 1.807) is 0 Å². The fourth-order valence-electron chi connectivity index (χ4n) is 1.67. The average Bonchev–Trinajstić information content (AvgIpc) is 2.47. The van der Waals surface area contributed by atoms with E-state index in [1.165, 1.54) is 12.1 Å². The minimum atomic E-state index is -0.355. The molecule has 1 heterocycles. The van der Waals surface area contributed by atoms with Gasteiger partial charge in [-0.15, -0.1) is 0 Å². The number of aromatic amines is 1. The third kappa shape index (κ3) is 4.45. The molecule has 2 aromatic rings. The molecule has 1 amide bonds. The quantitative estimate of drug-likeness (QED) is 0.867. The van der Waals surface area contributed by atoms with Crippen LogP contribution in [0.25, 0.3) is 0 Å². The van der Waals surface area contributed by atoms with E-state index in [0.29, 0.717) is 6.61 Å². The predicted octanol–water partition coefficient (Wildman–Crippen LogP) is 1.28. The van der Waals surface area contributed by atoms with Gasteiger partial charge in [-0.2, -0.15) is 5.10 Å². The van der Waals surface area contributed by atoms with Crippen LogP contribution in [0.4, 0.5) is 0 Å². The molecule has 2 N–H and O–H groups in total. The van der Waals surface area contributed by atoms with Crippen molar-refractivity contribution in [3.8, 4) is 5.75 Å². The van der Waals surface area contributed by atoms with Gasteiger partial charge in [-0.05, 0) is 32.0 Å². The maximum Gasteiger partial charge on any atom is 0.272 e. The van der Waals surface area contributed by atoms with Crippen LogP contribution in [0.3, 0.4) is 0 Å². The number of amides is 1. The van der Waals surface area contributed by atoms with E-state index in [-0.39, 0.29) is 23.2 Å². The van der Waals surface area contributed by atoms with Crippen LogP contribution in [-0.2, 0) is 0 Å². The lowest BCUT2D eigenvalue weighted by molar-refractivity contribution is 0.0920. The van der Waals surface area contributed by atoms with Gasteiger partial charge in [-0.3, -0.25) is 9.59 Å². The van der Waals surface area contributed by atoms with Crippen LogP contribution >= 0.6 is 0 Å². The highest BCUT2D eigenvalue weighted by Crippen LogP contribution is 2.11. The predicted molar refractivity (Wildman–Crippen MR) is 78.5 cm³/mol. The summed E-state index contributed by atoms with van der Waals surface area (Å²) in [6.45, 7) is 4.18. The Bertz CT molecular complexity index is 644. The van der Waals surface area contributed by atoms with Crippen LogP contribution in [0.5, 0.6) is 5.75 Å². The number of benzene rings is 1. The van der Waals surface area contributed by atoms with E-state index in [4.69, 9.17) is 4.74 Å². The lowest BCUT2D eigenvalue weighted by atomic mass is 10.2. The first-order valence-electron chi connectivity index (χ1n) is 6.60.